The minimum Gasteiger partial charge on any atom is -0.456 e. The fraction of sp³-hybridized carbons (Fsp3) is 0. The third kappa shape index (κ3) is 9.16. The summed E-state index contributed by atoms with van der Waals surface area (Å²) in [4.78, 5) is 14.7. The predicted octanol–water partition coefficient (Wildman–Crippen LogP) is 27.3. The second kappa shape index (κ2) is 23.1. The highest BCUT2D eigenvalue weighted by atomic mass is 16.4. The third-order valence-corrected chi connectivity index (χ3v) is 22.0. The van der Waals surface area contributed by atoms with Crippen LogP contribution in [0.1, 0.15) is 5.89 Å². The average Bonchev–Trinajstić information content (AvgIpc) is 1.57. The number of fused-ring (bicyclic) bond motifs is 20. The lowest BCUT2D eigenvalue weighted by molar-refractivity contribution is 0.584. The fourth-order valence-corrected chi connectivity index (χ4v) is 17.0. The Labute approximate surface area is 623 Å². The van der Waals surface area contributed by atoms with Crippen molar-refractivity contribution in [2.75, 3.05) is 9.80 Å². The first-order valence-electron chi connectivity index (χ1n) is 36.6. The number of para-hydroxylation sites is 5. The van der Waals surface area contributed by atoms with Crippen molar-refractivity contribution >= 4 is 193 Å². The van der Waals surface area contributed by atoms with E-state index in [4.69, 9.17) is 36.5 Å². The Morgan fingerprint density at radius 2 is 0.727 bits per heavy atom. The molecule has 0 N–H and O–H groups in total. The first-order valence-corrected chi connectivity index (χ1v) is 36.6. The van der Waals surface area contributed by atoms with E-state index in [1.807, 2.05) is 42.5 Å². The Hall–Kier alpha value is -15.3. The molecular formula is C98H54N6O6. The molecule has 8 heterocycles. The van der Waals surface area contributed by atoms with Crippen LogP contribution in [0.3, 0.4) is 0 Å². The Morgan fingerprint density at radius 1 is 0.264 bits per heavy atom. The molecular weight excluding hydrogens is 1360 g/mol. The molecule has 8 aromatic heterocycles. The second-order valence-corrected chi connectivity index (χ2v) is 28.2. The molecule has 12 heteroatoms. The molecule has 15 aromatic carbocycles. The molecule has 0 bridgehead atoms. The van der Waals surface area contributed by atoms with E-state index in [0.29, 0.717) is 34.0 Å². The molecule has 0 amide bonds. The number of aromatic nitrogens is 4. The van der Waals surface area contributed by atoms with Gasteiger partial charge in [-0.3, -0.25) is 0 Å². The van der Waals surface area contributed by atoms with Crippen LogP contribution in [0.2, 0.25) is 0 Å². The van der Waals surface area contributed by atoms with E-state index in [2.05, 4.69) is 316 Å². The van der Waals surface area contributed by atoms with Crippen LogP contribution in [0, 0.1) is 0 Å². The van der Waals surface area contributed by atoms with Crippen molar-refractivity contribution in [1.82, 2.24) is 19.1 Å². The van der Waals surface area contributed by atoms with Crippen LogP contribution in [-0.2, 0) is 0 Å². The van der Waals surface area contributed by atoms with Crippen molar-refractivity contribution < 1.29 is 26.5 Å². The summed E-state index contributed by atoms with van der Waals surface area (Å²) in [5.41, 5.74) is 31.2. The lowest BCUT2D eigenvalue weighted by Crippen LogP contribution is -2.10. The largest absolute Gasteiger partial charge is 0.456 e. The minimum absolute atomic E-state index is 0.513. The first-order chi connectivity index (χ1) is 54.4. The van der Waals surface area contributed by atoms with Gasteiger partial charge in [0, 0.05) is 134 Å². The molecule has 0 saturated carbocycles. The van der Waals surface area contributed by atoms with Gasteiger partial charge in [0.05, 0.1) is 27.8 Å². The van der Waals surface area contributed by atoms with Crippen LogP contribution >= 0.6 is 0 Å². The molecule has 0 atom stereocenters. The van der Waals surface area contributed by atoms with Crippen LogP contribution in [0.25, 0.3) is 193 Å². The molecule has 0 unspecified atom stereocenters. The monoisotopic (exact) mass is 1410 g/mol. The molecule has 0 fully saturated rings. The zero-order valence-electron chi connectivity index (χ0n) is 58.3. The molecule has 0 aliphatic heterocycles. The van der Waals surface area contributed by atoms with Gasteiger partial charge in [-0.25, -0.2) is 9.97 Å². The molecule has 1 aliphatic rings. The summed E-state index contributed by atoms with van der Waals surface area (Å²) in [6.07, 6.45) is 5.56. The van der Waals surface area contributed by atoms with Crippen molar-refractivity contribution in [3.05, 3.63) is 345 Å². The molecule has 12 nitrogen and oxygen atoms in total. The zero-order valence-corrected chi connectivity index (χ0v) is 58.3. The van der Waals surface area contributed by atoms with Crippen LogP contribution in [0.4, 0.5) is 34.1 Å². The van der Waals surface area contributed by atoms with E-state index < -0.39 is 0 Å². The lowest BCUT2D eigenvalue weighted by atomic mass is 10.0. The minimum atomic E-state index is 0.513. The van der Waals surface area contributed by atoms with Gasteiger partial charge >= 0.3 is 0 Å². The maximum atomic E-state index is 6.81. The number of nitrogens with zero attached hydrogens (tertiary/aromatic N) is 6. The topological polar surface area (TPSA) is 121 Å². The SMILES string of the molecule is C1=C=CC(c2nc3cc4c(cc3o2)oc2ccc(N(c3ccc5oc6cc(-c7ccc(-c8nc9cc%10oc%11ccc(N(c%12ccc%13oc%14ccccc%14c%13c%12)c%12ccc%13c(c%12)c%12ccccc%12n%13-c%12ccccc%12)cc%11c%10cc9o8)cc7)ccc6c5c3)c3cccc5c3c3ccccc3n5-c3ccccc3)cc24)=CC=1. The summed E-state index contributed by atoms with van der Waals surface area (Å²) >= 11 is 0. The number of benzene rings is 15. The fourth-order valence-electron chi connectivity index (χ4n) is 17.0. The number of hydrogen-bond donors (Lipinski definition) is 0. The van der Waals surface area contributed by atoms with E-state index >= 15 is 0 Å². The van der Waals surface area contributed by atoms with Crippen LogP contribution < -0.4 is 9.80 Å². The number of rotatable bonds is 11. The highest BCUT2D eigenvalue weighted by Gasteiger charge is 2.27. The molecule has 512 valence electrons. The van der Waals surface area contributed by atoms with Gasteiger partial charge < -0.3 is 45.4 Å². The predicted molar refractivity (Wildman–Crippen MR) is 444 cm³/mol. The van der Waals surface area contributed by atoms with Gasteiger partial charge in [-0.15, -0.1) is 0 Å². The summed E-state index contributed by atoms with van der Waals surface area (Å²) < 4.78 is 44.2. The smallest absolute Gasteiger partial charge is 0.227 e. The molecule has 0 saturated heterocycles. The van der Waals surface area contributed by atoms with Gasteiger partial charge in [-0.05, 0) is 205 Å². The van der Waals surface area contributed by atoms with Crippen LogP contribution in [-0.4, -0.2) is 19.1 Å². The van der Waals surface area contributed by atoms with Gasteiger partial charge in [0.25, 0.3) is 0 Å². The van der Waals surface area contributed by atoms with E-state index in [1.165, 1.54) is 5.39 Å². The highest BCUT2D eigenvalue weighted by molar-refractivity contribution is 6.19. The summed E-state index contributed by atoms with van der Waals surface area (Å²) in [5.74, 6) is 1.03. The summed E-state index contributed by atoms with van der Waals surface area (Å²) in [6, 6.07) is 109. The van der Waals surface area contributed by atoms with Crippen LogP contribution in [0.5, 0.6) is 0 Å². The molecule has 0 spiro atoms. The maximum Gasteiger partial charge on any atom is 0.227 e. The Bertz CT molecular complexity index is 8020. The molecule has 0 radical (unpaired) electrons. The third-order valence-electron chi connectivity index (χ3n) is 22.0. The number of oxazole rings is 2. The van der Waals surface area contributed by atoms with Crippen molar-refractivity contribution in [2.24, 2.45) is 0 Å². The first kappa shape index (κ1) is 60.0. The van der Waals surface area contributed by atoms with Gasteiger partial charge in [0.2, 0.25) is 11.8 Å². The van der Waals surface area contributed by atoms with Crippen molar-refractivity contribution in [3.63, 3.8) is 0 Å². The van der Waals surface area contributed by atoms with E-state index in [1.54, 1.807) is 0 Å². The molecule has 110 heavy (non-hydrogen) atoms. The number of furan rings is 4. The maximum absolute atomic E-state index is 6.81. The average molecular weight is 1410 g/mol. The van der Waals surface area contributed by atoms with Gasteiger partial charge in [0.15, 0.2) is 11.2 Å². The van der Waals surface area contributed by atoms with Gasteiger partial charge in [0.1, 0.15) is 55.7 Å². The molecule has 23 aromatic rings. The second-order valence-electron chi connectivity index (χ2n) is 28.2. The highest BCUT2D eigenvalue weighted by Crippen LogP contribution is 2.49. The van der Waals surface area contributed by atoms with E-state index in [9.17, 15) is 0 Å². The van der Waals surface area contributed by atoms with Gasteiger partial charge in [-0.2, -0.15) is 0 Å². The quantitative estimate of drug-likeness (QED) is 0.116. The van der Waals surface area contributed by atoms with Crippen LogP contribution in [0.15, 0.2) is 366 Å². The van der Waals surface area contributed by atoms with E-state index in [-0.39, 0.29) is 0 Å². The zero-order chi connectivity index (χ0) is 71.8. The summed E-state index contributed by atoms with van der Waals surface area (Å²) in [5, 5.41) is 12.4. The van der Waals surface area contributed by atoms with Crippen molar-refractivity contribution in [3.8, 4) is 34.0 Å². The standard InChI is InChI=1S/C98H54N6O6/c1-4-17-58(18-5-1)97-99-79-53-77-75-52-67(40-46-89(75)108-93(77)56-95(79)110-97)102(84-28-16-29-85-96(84)71-25-11-14-27-82(71)104(85)62-21-8-3-9-22-62)66-39-45-88-74(51-66)70-41-35-60(47-91(70)106-88)57-31-33-59(34-32-57)98-100-80-55-92-78(54-94(80)109-98)76-50-65(38-44-90(76)107-92)101(64-37-43-87-73(49-64)69-24-12-15-30-86(69)105-87)63-36-42-83-72(48-63)68-23-10-13-26-81(68)103(83)61-19-6-2-7-20-61/h2-4,6-56H. The number of anilines is 6. The Morgan fingerprint density at radius 3 is 1.41 bits per heavy atom. The number of allylic oxidation sites excluding steroid dienone is 4. The number of hydrogen-bond acceptors (Lipinski definition) is 10. The normalized spacial score (nSPS) is 12.6. The molecule has 24 rings (SSSR count). The Balaban J connectivity index is 0.576. The summed E-state index contributed by atoms with van der Waals surface area (Å²) in [6.45, 7) is 0. The Kier molecular flexibility index (Phi) is 12.6. The summed E-state index contributed by atoms with van der Waals surface area (Å²) in [7, 11) is 0. The van der Waals surface area contributed by atoms with E-state index in [0.717, 1.165) is 194 Å². The van der Waals surface area contributed by atoms with Crippen molar-refractivity contribution in [1.29, 1.82) is 0 Å². The van der Waals surface area contributed by atoms with Gasteiger partial charge in [-0.1, -0.05) is 127 Å². The van der Waals surface area contributed by atoms with Crippen molar-refractivity contribution in [2.45, 2.75) is 0 Å². The lowest BCUT2D eigenvalue weighted by Gasteiger charge is -2.26. The molecule has 1 aliphatic carbocycles.